The summed E-state index contributed by atoms with van der Waals surface area (Å²) < 4.78 is 33.7. The lowest BCUT2D eigenvalue weighted by molar-refractivity contribution is -0.384. The molecule has 1 aromatic heterocycles. The number of hydrogen-bond acceptors (Lipinski definition) is 7. The van der Waals surface area contributed by atoms with Crippen molar-refractivity contribution in [3.63, 3.8) is 0 Å². The average molecular weight is 444 g/mol. The summed E-state index contributed by atoms with van der Waals surface area (Å²) in [6.07, 6.45) is 0. The molecule has 11 heteroatoms. The van der Waals surface area contributed by atoms with Crippen LogP contribution in [0.25, 0.3) is 11.3 Å². The van der Waals surface area contributed by atoms with Gasteiger partial charge >= 0.3 is 0 Å². The van der Waals surface area contributed by atoms with Gasteiger partial charge in [-0.2, -0.15) is 5.10 Å². The highest BCUT2D eigenvalue weighted by molar-refractivity contribution is 7.89. The number of rotatable bonds is 9. The fourth-order valence-electron chi connectivity index (χ4n) is 2.77. The van der Waals surface area contributed by atoms with Crippen LogP contribution in [0.4, 0.5) is 5.69 Å². The van der Waals surface area contributed by atoms with Crippen molar-refractivity contribution in [3.8, 4) is 17.0 Å². The van der Waals surface area contributed by atoms with Crippen LogP contribution in [0.5, 0.6) is 5.75 Å². The van der Waals surface area contributed by atoms with Crippen LogP contribution in [-0.2, 0) is 16.6 Å². The first-order valence-corrected chi connectivity index (χ1v) is 10.8. The van der Waals surface area contributed by atoms with E-state index in [1.807, 2.05) is 19.1 Å². The molecular weight excluding hydrogens is 424 g/mol. The number of non-ortho nitro benzene ring substituents is 1. The molecule has 0 saturated heterocycles. The van der Waals surface area contributed by atoms with Gasteiger partial charge in [-0.25, -0.2) is 17.8 Å². The van der Waals surface area contributed by atoms with Gasteiger partial charge in [0.1, 0.15) is 5.75 Å². The summed E-state index contributed by atoms with van der Waals surface area (Å²) in [5.41, 5.74) is 0.759. The van der Waals surface area contributed by atoms with Crippen molar-refractivity contribution in [2.75, 3.05) is 13.2 Å². The Kier molecular flexibility index (Phi) is 6.78. The molecule has 31 heavy (non-hydrogen) atoms. The second-order valence-corrected chi connectivity index (χ2v) is 8.15. The van der Waals surface area contributed by atoms with E-state index in [9.17, 15) is 23.3 Å². The molecular formula is C20H20N4O6S. The molecule has 1 N–H and O–H groups in total. The summed E-state index contributed by atoms with van der Waals surface area (Å²) >= 11 is 0. The maximum Gasteiger partial charge on any atom is 0.269 e. The van der Waals surface area contributed by atoms with Gasteiger partial charge in [0.25, 0.3) is 11.2 Å². The molecule has 0 aliphatic carbocycles. The zero-order chi connectivity index (χ0) is 22.4. The van der Waals surface area contributed by atoms with Crippen molar-refractivity contribution in [1.82, 2.24) is 14.5 Å². The maximum atomic E-state index is 12.4. The third-order valence-electron chi connectivity index (χ3n) is 4.30. The summed E-state index contributed by atoms with van der Waals surface area (Å²) in [4.78, 5) is 22.1. The van der Waals surface area contributed by atoms with Gasteiger partial charge < -0.3 is 4.74 Å². The number of nitrogens with zero attached hydrogens (tertiary/aromatic N) is 3. The Morgan fingerprint density at radius 3 is 2.35 bits per heavy atom. The molecule has 0 fully saturated rings. The number of nitro groups is 1. The zero-order valence-corrected chi connectivity index (χ0v) is 17.4. The number of aromatic nitrogens is 2. The van der Waals surface area contributed by atoms with Crippen molar-refractivity contribution in [1.29, 1.82) is 0 Å². The molecule has 162 valence electrons. The minimum atomic E-state index is -3.89. The fourth-order valence-corrected chi connectivity index (χ4v) is 3.79. The number of sulfonamides is 1. The number of nitro benzene ring substituents is 1. The van der Waals surface area contributed by atoms with Gasteiger partial charge in [-0.15, -0.1) is 0 Å². The van der Waals surface area contributed by atoms with Crippen LogP contribution in [0.15, 0.2) is 70.4 Å². The van der Waals surface area contributed by atoms with Gasteiger partial charge in [0.2, 0.25) is 10.0 Å². The van der Waals surface area contributed by atoms with Gasteiger partial charge in [-0.1, -0.05) is 0 Å². The van der Waals surface area contributed by atoms with Crippen LogP contribution < -0.4 is 15.0 Å². The molecule has 0 bridgehead atoms. The lowest BCUT2D eigenvalue weighted by atomic mass is 10.1. The number of ether oxygens (including phenoxy) is 1. The van der Waals surface area contributed by atoms with Gasteiger partial charge in [0.05, 0.1) is 28.7 Å². The Bertz CT molecular complexity index is 1220. The van der Waals surface area contributed by atoms with E-state index in [0.29, 0.717) is 12.3 Å². The quantitative estimate of drug-likeness (QED) is 0.395. The maximum absolute atomic E-state index is 12.4. The Morgan fingerprint density at radius 2 is 1.74 bits per heavy atom. The second-order valence-electron chi connectivity index (χ2n) is 6.39. The van der Waals surface area contributed by atoms with Crippen molar-refractivity contribution in [2.24, 2.45) is 0 Å². The summed E-state index contributed by atoms with van der Waals surface area (Å²) in [5, 5.41) is 15.0. The Hall–Kier alpha value is -3.57. The van der Waals surface area contributed by atoms with Gasteiger partial charge in [-0.3, -0.25) is 14.9 Å². The molecule has 0 radical (unpaired) electrons. The van der Waals surface area contributed by atoms with E-state index in [2.05, 4.69) is 9.82 Å². The third kappa shape index (κ3) is 5.53. The molecule has 1 heterocycles. The van der Waals surface area contributed by atoms with E-state index in [1.165, 1.54) is 10.7 Å². The summed E-state index contributed by atoms with van der Waals surface area (Å²) in [6, 6.07) is 14.7. The van der Waals surface area contributed by atoms with E-state index < -0.39 is 14.9 Å². The minimum absolute atomic E-state index is 0.00984. The first-order chi connectivity index (χ1) is 14.8. The van der Waals surface area contributed by atoms with Crippen LogP contribution in [-0.4, -0.2) is 36.3 Å². The molecule has 0 amide bonds. The van der Waals surface area contributed by atoms with Gasteiger partial charge in [-0.05, 0) is 49.4 Å². The summed E-state index contributed by atoms with van der Waals surface area (Å²) in [5.74, 6) is 0.722. The van der Waals surface area contributed by atoms with Gasteiger partial charge in [0.15, 0.2) is 0 Å². The first kappa shape index (κ1) is 22.1. The molecule has 0 saturated carbocycles. The van der Waals surface area contributed by atoms with Crippen LogP contribution in [0.1, 0.15) is 6.92 Å². The molecule has 0 atom stereocenters. The fraction of sp³-hybridized carbons (Fsp3) is 0.200. The van der Waals surface area contributed by atoms with Crippen molar-refractivity contribution in [3.05, 3.63) is 81.1 Å². The van der Waals surface area contributed by atoms with Crippen LogP contribution in [0, 0.1) is 10.1 Å². The Labute approximate surface area is 178 Å². The van der Waals surface area contributed by atoms with Crippen molar-refractivity contribution < 1.29 is 18.1 Å². The molecule has 3 aromatic rings. The normalized spacial score (nSPS) is 11.3. The molecule has 0 unspecified atom stereocenters. The van der Waals surface area contributed by atoms with Gasteiger partial charge in [0, 0.05) is 30.3 Å². The number of benzene rings is 2. The summed E-state index contributed by atoms with van der Waals surface area (Å²) in [7, 11) is -3.89. The number of nitrogens with one attached hydrogen (secondary N) is 1. The van der Waals surface area contributed by atoms with Crippen LogP contribution in [0.2, 0.25) is 0 Å². The first-order valence-electron chi connectivity index (χ1n) is 9.35. The van der Waals surface area contributed by atoms with E-state index in [1.54, 1.807) is 18.2 Å². The van der Waals surface area contributed by atoms with E-state index in [0.717, 1.165) is 35.6 Å². The van der Waals surface area contributed by atoms with Crippen molar-refractivity contribution in [2.45, 2.75) is 18.4 Å². The standard InChI is InChI=1S/C20H20N4O6S/c1-2-30-17-7-3-15(4-8-17)19-11-12-20(25)23(22-19)14-13-21-31(28,29)18-9-5-16(6-10-18)24(26)27/h3-12,21H,2,13-14H2,1H3. The molecule has 10 nitrogen and oxygen atoms in total. The smallest absolute Gasteiger partial charge is 0.269 e. The molecule has 2 aromatic carbocycles. The van der Waals surface area contributed by atoms with Crippen LogP contribution in [0.3, 0.4) is 0 Å². The highest BCUT2D eigenvalue weighted by atomic mass is 32.2. The average Bonchev–Trinajstić information content (AvgIpc) is 2.76. The lowest BCUT2D eigenvalue weighted by Gasteiger charge is -2.10. The molecule has 0 spiro atoms. The van der Waals surface area contributed by atoms with Crippen molar-refractivity contribution >= 4 is 15.7 Å². The van der Waals surface area contributed by atoms with E-state index in [-0.39, 0.29) is 29.2 Å². The third-order valence-corrected chi connectivity index (χ3v) is 5.78. The van der Waals surface area contributed by atoms with E-state index >= 15 is 0 Å². The molecule has 3 rings (SSSR count). The highest BCUT2D eigenvalue weighted by Crippen LogP contribution is 2.20. The zero-order valence-electron chi connectivity index (χ0n) is 16.6. The minimum Gasteiger partial charge on any atom is -0.494 e. The van der Waals surface area contributed by atoms with E-state index in [4.69, 9.17) is 4.74 Å². The summed E-state index contributed by atoms with van der Waals surface area (Å²) in [6.45, 7) is 2.37. The molecule has 0 aliphatic heterocycles. The Balaban J connectivity index is 1.69. The topological polar surface area (TPSA) is 133 Å². The lowest BCUT2D eigenvalue weighted by Crippen LogP contribution is -2.32. The predicted molar refractivity (Wildman–Crippen MR) is 113 cm³/mol. The second kappa shape index (κ2) is 9.49. The highest BCUT2D eigenvalue weighted by Gasteiger charge is 2.15. The molecule has 0 aliphatic rings. The predicted octanol–water partition coefficient (Wildman–Crippen LogP) is 2.20. The van der Waals surface area contributed by atoms with Crippen LogP contribution >= 0.6 is 0 Å². The number of hydrogen-bond donors (Lipinski definition) is 1. The SMILES string of the molecule is CCOc1ccc(-c2ccc(=O)n(CCNS(=O)(=O)c3ccc([N+](=O)[O-])cc3)n2)cc1. The monoisotopic (exact) mass is 444 g/mol. The Morgan fingerprint density at radius 1 is 1.06 bits per heavy atom. The largest absolute Gasteiger partial charge is 0.494 e.